The first kappa shape index (κ1) is 20.3. The van der Waals surface area contributed by atoms with Crippen LogP contribution in [0.5, 0.6) is 5.75 Å². The second-order valence-corrected chi connectivity index (χ2v) is 8.23. The SMILES string of the molecule is COc1cccc(-c2nc(N3CCN(C)CC3)nc3nn(-c4cccc(C)c4)c(N)c23)c1. The van der Waals surface area contributed by atoms with E-state index in [1.165, 1.54) is 0 Å². The van der Waals surface area contributed by atoms with Crippen molar-refractivity contribution in [1.29, 1.82) is 0 Å². The highest BCUT2D eigenvalue weighted by atomic mass is 16.5. The molecule has 5 rings (SSSR count). The summed E-state index contributed by atoms with van der Waals surface area (Å²) in [6.45, 7) is 5.72. The molecule has 32 heavy (non-hydrogen) atoms. The van der Waals surface area contributed by atoms with Gasteiger partial charge in [-0.2, -0.15) is 4.98 Å². The molecule has 3 heterocycles. The van der Waals surface area contributed by atoms with Gasteiger partial charge in [-0.05, 0) is 43.8 Å². The monoisotopic (exact) mass is 429 g/mol. The van der Waals surface area contributed by atoms with Crippen LogP contribution in [0, 0.1) is 6.92 Å². The van der Waals surface area contributed by atoms with Gasteiger partial charge in [-0.1, -0.05) is 24.3 Å². The first-order chi connectivity index (χ1) is 15.5. The molecule has 1 fully saturated rings. The maximum atomic E-state index is 6.65. The number of hydrogen-bond acceptors (Lipinski definition) is 7. The van der Waals surface area contributed by atoms with Gasteiger partial charge in [0.2, 0.25) is 5.95 Å². The van der Waals surface area contributed by atoms with Gasteiger partial charge >= 0.3 is 0 Å². The van der Waals surface area contributed by atoms with E-state index in [2.05, 4.69) is 35.9 Å². The number of nitrogens with zero attached hydrogens (tertiary/aromatic N) is 6. The molecule has 1 aliphatic heterocycles. The second kappa shape index (κ2) is 8.12. The molecule has 2 aromatic heterocycles. The molecule has 0 spiro atoms. The second-order valence-electron chi connectivity index (χ2n) is 8.23. The van der Waals surface area contributed by atoms with Crippen molar-refractivity contribution in [2.24, 2.45) is 0 Å². The number of fused-ring (bicyclic) bond motifs is 1. The smallest absolute Gasteiger partial charge is 0.228 e. The van der Waals surface area contributed by atoms with E-state index in [0.717, 1.165) is 59.8 Å². The zero-order valence-corrected chi connectivity index (χ0v) is 18.6. The quantitative estimate of drug-likeness (QED) is 0.533. The van der Waals surface area contributed by atoms with Crippen LogP contribution in [0.2, 0.25) is 0 Å². The Morgan fingerprint density at radius 1 is 0.969 bits per heavy atom. The Labute approximate surface area is 187 Å². The molecule has 0 bridgehead atoms. The van der Waals surface area contributed by atoms with Crippen molar-refractivity contribution < 1.29 is 4.74 Å². The average Bonchev–Trinajstić information content (AvgIpc) is 3.15. The van der Waals surface area contributed by atoms with E-state index < -0.39 is 0 Å². The lowest BCUT2D eigenvalue weighted by Gasteiger charge is -2.32. The fourth-order valence-corrected chi connectivity index (χ4v) is 4.08. The lowest BCUT2D eigenvalue weighted by Crippen LogP contribution is -2.45. The molecule has 2 aromatic carbocycles. The lowest BCUT2D eigenvalue weighted by atomic mass is 10.1. The zero-order valence-electron chi connectivity index (χ0n) is 18.6. The molecule has 0 saturated carbocycles. The largest absolute Gasteiger partial charge is 0.497 e. The fraction of sp³-hybridized carbons (Fsp3) is 0.292. The molecule has 1 saturated heterocycles. The van der Waals surface area contributed by atoms with Crippen molar-refractivity contribution in [2.75, 3.05) is 51.0 Å². The van der Waals surface area contributed by atoms with E-state index in [-0.39, 0.29) is 0 Å². The summed E-state index contributed by atoms with van der Waals surface area (Å²) in [5, 5.41) is 5.54. The summed E-state index contributed by atoms with van der Waals surface area (Å²) in [5.41, 5.74) is 11.0. The summed E-state index contributed by atoms with van der Waals surface area (Å²) >= 11 is 0. The number of likely N-dealkylation sites (N-methyl/N-ethyl adjacent to an activating group) is 1. The predicted octanol–water partition coefficient (Wildman–Crippen LogP) is 3.13. The molecule has 0 atom stereocenters. The number of methoxy groups -OCH3 is 1. The number of ether oxygens (including phenoxy) is 1. The number of nitrogens with two attached hydrogens (primary N) is 1. The summed E-state index contributed by atoms with van der Waals surface area (Å²) in [5.74, 6) is 1.96. The predicted molar refractivity (Wildman–Crippen MR) is 128 cm³/mol. The molecular formula is C24H27N7O. The third kappa shape index (κ3) is 3.62. The van der Waals surface area contributed by atoms with Crippen molar-refractivity contribution in [3.8, 4) is 22.7 Å². The minimum absolute atomic E-state index is 0.522. The molecule has 1 aliphatic rings. The third-order valence-corrected chi connectivity index (χ3v) is 5.93. The van der Waals surface area contributed by atoms with E-state index in [9.17, 15) is 0 Å². The Bertz CT molecular complexity index is 1270. The minimum atomic E-state index is 0.522. The van der Waals surface area contributed by atoms with Gasteiger partial charge in [0.05, 0.1) is 23.9 Å². The van der Waals surface area contributed by atoms with Crippen LogP contribution in [0.4, 0.5) is 11.8 Å². The highest BCUT2D eigenvalue weighted by Crippen LogP contribution is 2.34. The van der Waals surface area contributed by atoms with Crippen molar-refractivity contribution in [3.05, 3.63) is 54.1 Å². The lowest BCUT2D eigenvalue weighted by molar-refractivity contribution is 0.311. The van der Waals surface area contributed by atoms with Crippen LogP contribution in [0.1, 0.15) is 5.56 Å². The Hall–Kier alpha value is -3.65. The Kier molecular flexibility index (Phi) is 5.14. The van der Waals surface area contributed by atoms with E-state index in [4.69, 9.17) is 25.5 Å². The van der Waals surface area contributed by atoms with Crippen LogP contribution in [0.3, 0.4) is 0 Å². The number of piperazine rings is 1. The van der Waals surface area contributed by atoms with Gasteiger partial charge in [-0.3, -0.25) is 0 Å². The van der Waals surface area contributed by atoms with Crippen molar-refractivity contribution in [2.45, 2.75) is 6.92 Å². The van der Waals surface area contributed by atoms with E-state index in [0.29, 0.717) is 17.4 Å². The molecule has 8 nitrogen and oxygen atoms in total. The number of rotatable bonds is 4. The summed E-state index contributed by atoms with van der Waals surface area (Å²) in [4.78, 5) is 14.3. The third-order valence-electron chi connectivity index (χ3n) is 5.93. The number of aryl methyl sites for hydroxylation is 1. The van der Waals surface area contributed by atoms with Gasteiger partial charge in [0.1, 0.15) is 11.6 Å². The first-order valence-corrected chi connectivity index (χ1v) is 10.7. The van der Waals surface area contributed by atoms with E-state index >= 15 is 0 Å². The van der Waals surface area contributed by atoms with E-state index in [1.54, 1.807) is 11.8 Å². The first-order valence-electron chi connectivity index (χ1n) is 10.7. The van der Waals surface area contributed by atoms with Gasteiger partial charge in [-0.15, -0.1) is 5.10 Å². The molecule has 0 unspecified atom stereocenters. The van der Waals surface area contributed by atoms with Crippen LogP contribution in [-0.2, 0) is 0 Å². The van der Waals surface area contributed by atoms with Gasteiger partial charge in [-0.25, -0.2) is 9.67 Å². The van der Waals surface area contributed by atoms with Gasteiger partial charge in [0.25, 0.3) is 0 Å². The normalized spacial score (nSPS) is 14.8. The highest BCUT2D eigenvalue weighted by molar-refractivity contribution is 5.99. The number of nitrogen functional groups attached to an aromatic ring is 1. The molecule has 4 aromatic rings. The van der Waals surface area contributed by atoms with Crippen LogP contribution >= 0.6 is 0 Å². The van der Waals surface area contributed by atoms with Crippen molar-refractivity contribution in [3.63, 3.8) is 0 Å². The number of aromatic nitrogens is 4. The molecule has 0 radical (unpaired) electrons. The molecule has 8 heteroatoms. The topological polar surface area (TPSA) is 85.3 Å². The number of anilines is 2. The van der Waals surface area contributed by atoms with Gasteiger partial charge in [0, 0.05) is 31.7 Å². The Morgan fingerprint density at radius 2 is 1.75 bits per heavy atom. The fourth-order valence-electron chi connectivity index (χ4n) is 4.08. The minimum Gasteiger partial charge on any atom is -0.497 e. The number of benzene rings is 2. The molecule has 0 amide bonds. The molecular weight excluding hydrogens is 402 g/mol. The molecule has 2 N–H and O–H groups in total. The summed E-state index contributed by atoms with van der Waals surface area (Å²) in [7, 11) is 3.79. The molecule has 0 aliphatic carbocycles. The van der Waals surface area contributed by atoms with E-state index in [1.807, 2.05) is 36.4 Å². The number of hydrogen-bond donors (Lipinski definition) is 1. The standard InChI is InChI=1S/C24H27N7O/c1-16-6-4-8-18(14-16)31-22(25)20-21(17-7-5-9-19(15-17)32-3)26-24(27-23(20)28-31)30-12-10-29(2)11-13-30/h4-9,14-15H,10-13,25H2,1-3H3. The van der Waals surface area contributed by atoms with Gasteiger partial charge in [0.15, 0.2) is 5.65 Å². The van der Waals surface area contributed by atoms with Crippen LogP contribution in [-0.4, -0.2) is 65.0 Å². The van der Waals surface area contributed by atoms with Crippen molar-refractivity contribution in [1.82, 2.24) is 24.6 Å². The van der Waals surface area contributed by atoms with Crippen LogP contribution in [0.25, 0.3) is 28.0 Å². The van der Waals surface area contributed by atoms with Crippen molar-refractivity contribution >= 4 is 22.8 Å². The summed E-state index contributed by atoms with van der Waals surface area (Å²) in [6, 6.07) is 16.0. The Morgan fingerprint density at radius 3 is 2.50 bits per heavy atom. The average molecular weight is 430 g/mol. The zero-order chi connectivity index (χ0) is 22.2. The highest BCUT2D eigenvalue weighted by Gasteiger charge is 2.23. The van der Waals surface area contributed by atoms with Crippen LogP contribution < -0.4 is 15.4 Å². The van der Waals surface area contributed by atoms with Crippen LogP contribution in [0.15, 0.2) is 48.5 Å². The van der Waals surface area contributed by atoms with Gasteiger partial charge < -0.3 is 20.3 Å². The molecule has 164 valence electrons. The maximum Gasteiger partial charge on any atom is 0.228 e. The summed E-state index contributed by atoms with van der Waals surface area (Å²) < 4.78 is 7.21. The maximum absolute atomic E-state index is 6.65. The summed E-state index contributed by atoms with van der Waals surface area (Å²) in [6.07, 6.45) is 0. The Balaban J connectivity index is 1.72.